The van der Waals surface area contributed by atoms with Crippen LogP contribution in [0.5, 0.6) is 5.75 Å². The summed E-state index contributed by atoms with van der Waals surface area (Å²) in [4.78, 5) is 17.3. The van der Waals surface area contributed by atoms with Gasteiger partial charge in [0.05, 0.1) is 23.7 Å². The molecular weight excluding hydrogens is 454 g/mol. The number of rotatable bonds is 7. The van der Waals surface area contributed by atoms with Crippen molar-refractivity contribution in [2.24, 2.45) is 5.92 Å². The zero-order chi connectivity index (χ0) is 24.1. The van der Waals surface area contributed by atoms with Crippen molar-refractivity contribution < 1.29 is 22.7 Å². The molecule has 8 nitrogen and oxygen atoms in total. The summed E-state index contributed by atoms with van der Waals surface area (Å²) in [6.45, 7) is 4.93. The van der Waals surface area contributed by atoms with Crippen LogP contribution in [-0.4, -0.2) is 55.5 Å². The van der Waals surface area contributed by atoms with Gasteiger partial charge in [-0.05, 0) is 69.0 Å². The number of anilines is 1. The minimum absolute atomic E-state index is 0.152. The van der Waals surface area contributed by atoms with E-state index < -0.39 is 10.0 Å². The summed E-state index contributed by atoms with van der Waals surface area (Å²) < 4.78 is 39.1. The Labute approximate surface area is 201 Å². The van der Waals surface area contributed by atoms with Crippen LogP contribution in [0.25, 0.3) is 0 Å². The van der Waals surface area contributed by atoms with Gasteiger partial charge in [-0.3, -0.25) is 4.79 Å². The van der Waals surface area contributed by atoms with Crippen LogP contribution in [0.2, 0.25) is 0 Å². The van der Waals surface area contributed by atoms with Crippen molar-refractivity contribution in [2.45, 2.75) is 63.1 Å². The molecule has 1 saturated carbocycles. The van der Waals surface area contributed by atoms with Gasteiger partial charge in [0, 0.05) is 24.8 Å². The quantitative estimate of drug-likeness (QED) is 0.632. The lowest BCUT2D eigenvalue weighted by Gasteiger charge is -2.34. The number of amides is 1. The van der Waals surface area contributed by atoms with E-state index >= 15 is 0 Å². The summed E-state index contributed by atoms with van der Waals surface area (Å²) in [6, 6.07) is 9.54. The largest absolute Gasteiger partial charge is 0.489 e. The van der Waals surface area contributed by atoms with Crippen molar-refractivity contribution in [3.63, 3.8) is 0 Å². The van der Waals surface area contributed by atoms with Crippen molar-refractivity contribution in [1.29, 1.82) is 0 Å². The van der Waals surface area contributed by atoms with Gasteiger partial charge in [-0.15, -0.1) is 0 Å². The van der Waals surface area contributed by atoms with Crippen LogP contribution >= 0.6 is 0 Å². The third-order valence-corrected chi connectivity index (χ3v) is 8.19. The normalized spacial score (nSPS) is 22.3. The van der Waals surface area contributed by atoms with Gasteiger partial charge < -0.3 is 14.8 Å². The lowest BCUT2D eigenvalue weighted by Crippen LogP contribution is -2.48. The number of nitrogens with zero attached hydrogens (tertiary/aromatic N) is 2. The first kappa shape index (κ1) is 24.6. The van der Waals surface area contributed by atoms with Crippen molar-refractivity contribution in [2.75, 3.05) is 25.0 Å². The van der Waals surface area contributed by atoms with Crippen molar-refractivity contribution in [1.82, 2.24) is 9.29 Å². The van der Waals surface area contributed by atoms with E-state index in [4.69, 9.17) is 9.47 Å². The lowest BCUT2D eigenvalue weighted by atomic mass is 9.90. The highest BCUT2D eigenvalue weighted by Crippen LogP contribution is 2.27. The third kappa shape index (κ3) is 5.95. The van der Waals surface area contributed by atoms with Crippen molar-refractivity contribution in [3.8, 4) is 5.75 Å². The van der Waals surface area contributed by atoms with Crippen LogP contribution in [0.15, 0.2) is 47.5 Å². The molecule has 2 atom stereocenters. The monoisotopic (exact) mass is 487 g/mol. The first-order chi connectivity index (χ1) is 16.3. The third-order valence-electron chi connectivity index (χ3n) is 6.34. The second-order valence-corrected chi connectivity index (χ2v) is 11.2. The number of carbonyl (C=O) groups is 1. The van der Waals surface area contributed by atoms with Crippen LogP contribution in [0, 0.1) is 5.92 Å². The Hall–Kier alpha value is -2.49. The molecule has 2 fully saturated rings. The van der Waals surface area contributed by atoms with Crippen LogP contribution in [-0.2, 0) is 14.8 Å². The number of nitrogens with one attached hydrogen (secondary N) is 1. The molecule has 2 aliphatic rings. The maximum atomic E-state index is 13.0. The summed E-state index contributed by atoms with van der Waals surface area (Å²) in [5.74, 6) is 1.05. The Kier molecular flexibility index (Phi) is 7.85. The molecule has 4 rings (SSSR count). The first-order valence-corrected chi connectivity index (χ1v) is 13.4. The van der Waals surface area contributed by atoms with E-state index in [2.05, 4.69) is 10.3 Å². The molecule has 34 heavy (non-hydrogen) atoms. The summed E-state index contributed by atoms with van der Waals surface area (Å²) in [7, 11) is -3.66. The molecule has 1 aromatic heterocycles. The fourth-order valence-corrected chi connectivity index (χ4v) is 6.19. The Morgan fingerprint density at radius 1 is 1.09 bits per heavy atom. The fraction of sp³-hybridized carbons (Fsp3) is 0.520. The van der Waals surface area contributed by atoms with E-state index in [1.807, 2.05) is 13.8 Å². The average Bonchev–Trinajstić information content (AvgIpc) is 2.83. The minimum Gasteiger partial charge on any atom is -0.489 e. The van der Waals surface area contributed by atoms with Gasteiger partial charge >= 0.3 is 0 Å². The highest BCUT2D eigenvalue weighted by molar-refractivity contribution is 7.89. The molecule has 2 unspecified atom stereocenters. The molecule has 1 aliphatic heterocycles. The van der Waals surface area contributed by atoms with Gasteiger partial charge in [-0.25, -0.2) is 13.4 Å². The summed E-state index contributed by atoms with van der Waals surface area (Å²) >= 11 is 0. The first-order valence-electron chi connectivity index (χ1n) is 12.0. The molecule has 1 amide bonds. The SMILES string of the molecule is CC1CN(S(=O)(=O)c2ccc(C(=O)Nc3ncccc3OCC3CCCCC3)cc2)CC(C)O1. The smallest absolute Gasteiger partial charge is 0.256 e. The number of carbonyl (C=O) groups excluding carboxylic acids is 1. The Morgan fingerprint density at radius 2 is 1.76 bits per heavy atom. The van der Waals surface area contributed by atoms with Gasteiger partial charge in [0.2, 0.25) is 10.0 Å². The second-order valence-electron chi connectivity index (χ2n) is 9.22. The van der Waals surface area contributed by atoms with Gasteiger partial charge in [-0.1, -0.05) is 19.3 Å². The Balaban J connectivity index is 1.41. The number of benzene rings is 1. The molecule has 1 aromatic carbocycles. The molecule has 0 spiro atoms. The van der Waals surface area contributed by atoms with Crippen molar-refractivity contribution in [3.05, 3.63) is 48.2 Å². The molecule has 0 bridgehead atoms. The standard InChI is InChI=1S/C25H33N3O5S/c1-18-15-28(16-19(2)33-18)34(30,31)22-12-10-21(11-13-22)25(29)27-24-23(9-6-14-26-24)32-17-20-7-4-3-5-8-20/h6,9-14,18-20H,3-5,7-8,15-17H2,1-2H3,(H,26,27,29). The van der Waals surface area contributed by atoms with Crippen LogP contribution in [0.3, 0.4) is 0 Å². The van der Waals surface area contributed by atoms with Gasteiger partial charge in [0.25, 0.3) is 5.91 Å². The maximum Gasteiger partial charge on any atom is 0.256 e. The molecule has 1 N–H and O–H groups in total. The van der Waals surface area contributed by atoms with Crippen LogP contribution in [0.1, 0.15) is 56.3 Å². The van der Waals surface area contributed by atoms with E-state index in [-0.39, 0.29) is 23.0 Å². The van der Waals surface area contributed by atoms with E-state index in [1.54, 1.807) is 18.3 Å². The van der Waals surface area contributed by atoms with E-state index in [9.17, 15) is 13.2 Å². The number of pyridine rings is 1. The van der Waals surface area contributed by atoms with Crippen LogP contribution in [0.4, 0.5) is 5.82 Å². The predicted octanol–water partition coefficient (Wildman–Crippen LogP) is 4.09. The highest BCUT2D eigenvalue weighted by Gasteiger charge is 2.32. The van der Waals surface area contributed by atoms with E-state index in [0.29, 0.717) is 42.7 Å². The zero-order valence-electron chi connectivity index (χ0n) is 19.8. The highest BCUT2D eigenvalue weighted by atomic mass is 32.2. The van der Waals surface area contributed by atoms with Gasteiger partial charge in [0.1, 0.15) is 0 Å². The van der Waals surface area contributed by atoms with Crippen molar-refractivity contribution >= 4 is 21.7 Å². The zero-order valence-corrected chi connectivity index (χ0v) is 20.6. The Bertz CT molecular complexity index is 1070. The second kappa shape index (κ2) is 10.8. The molecule has 1 saturated heterocycles. The average molecular weight is 488 g/mol. The molecule has 2 heterocycles. The van der Waals surface area contributed by atoms with Gasteiger partial charge in [-0.2, -0.15) is 4.31 Å². The topological polar surface area (TPSA) is 97.8 Å². The number of hydrogen-bond acceptors (Lipinski definition) is 6. The maximum absolute atomic E-state index is 13.0. The number of hydrogen-bond donors (Lipinski definition) is 1. The fourth-order valence-electron chi connectivity index (χ4n) is 4.60. The molecule has 2 aromatic rings. The number of morpholine rings is 1. The summed E-state index contributed by atoms with van der Waals surface area (Å²) in [5, 5.41) is 2.80. The molecule has 9 heteroatoms. The minimum atomic E-state index is -3.66. The molecule has 184 valence electrons. The summed E-state index contributed by atoms with van der Waals surface area (Å²) in [5.41, 5.74) is 0.339. The van der Waals surface area contributed by atoms with E-state index in [0.717, 1.165) is 0 Å². The molecule has 1 aliphatic carbocycles. The number of ether oxygens (including phenoxy) is 2. The lowest BCUT2D eigenvalue weighted by molar-refractivity contribution is -0.0440. The Morgan fingerprint density at radius 3 is 2.44 bits per heavy atom. The molecular formula is C25H33N3O5S. The molecule has 0 radical (unpaired) electrons. The van der Waals surface area contributed by atoms with Crippen LogP contribution < -0.4 is 10.1 Å². The predicted molar refractivity (Wildman–Crippen MR) is 129 cm³/mol. The van der Waals surface area contributed by atoms with E-state index in [1.165, 1.54) is 60.7 Å². The number of aromatic nitrogens is 1. The summed E-state index contributed by atoms with van der Waals surface area (Å²) in [6.07, 6.45) is 7.35. The van der Waals surface area contributed by atoms with Gasteiger partial charge in [0.15, 0.2) is 11.6 Å². The number of sulfonamides is 1.